The van der Waals surface area contributed by atoms with E-state index >= 15 is 0 Å². The number of halogens is 2. The zero-order chi connectivity index (χ0) is 14.8. The van der Waals surface area contributed by atoms with Crippen molar-refractivity contribution in [2.45, 2.75) is 38.1 Å². The summed E-state index contributed by atoms with van der Waals surface area (Å²) < 4.78 is 28.2. The van der Waals surface area contributed by atoms with E-state index in [1.807, 2.05) is 4.90 Å². The Kier molecular flexibility index (Phi) is 4.38. The van der Waals surface area contributed by atoms with Crippen LogP contribution in [0.5, 0.6) is 0 Å². The van der Waals surface area contributed by atoms with E-state index in [9.17, 15) is 13.6 Å². The molecule has 3 nitrogen and oxygen atoms in total. The van der Waals surface area contributed by atoms with Crippen molar-refractivity contribution in [2.75, 3.05) is 13.1 Å². The van der Waals surface area contributed by atoms with Gasteiger partial charge in [-0.05, 0) is 45.0 Å². The normalized spacial score (nSPS) is 19.6. The lowest BCUT2D eigenvalue weighted by Gasteiger charge is -2.43. The summed E-state index contributed by atoms with van der Waals surface area (Å²) in [5, 5.41) is 9.15. The summed E-state index contributed by atoms with van der Waals surface area (Å²) in [5.41, 5.74) is -1.29. The van der Waals surface area contributed by atoms with Crippen molar-refractivity contribution >= 4 is 5.97 Å². The summed E-state index contributed by atoms with van der Waals surface area (Å²) >= 11 is 0. The third kappa shape index (κ3) is 2.82. The topological polar surface area (TPSA) is 40.5 Å². The number of likely N-dealkylation sites (tertiary alicyclic amines) is 1. The van der Waals surface area contributed by atoms with Gasteiger partial charge in [-0.2, -0.15) is 0 Å². The molecule has 0 spiro atoms. The fourth-order valence-electron chi connectivity index (χ4n) is 3.05. The molecule has 0 saturated carbocycles. The average Bonchev–Trinajstić information content (AvgIpc) is 2.38. The highest BCUT2D eigenvalue weighted by atomic mass is 19.1. The van der Waals surface area contributed by atoms with E-state index in [1.165, 1.54) is 18.2 Å². The van der Waals surface area contributed by atoms with Crippen LogP contribution >= 0.6 is 0 Å². The van der Waals surface area contributed by atoms with E-state index in [0.717, 1.165) is 19.3 Å². The van der Waals surface area contributed by atoms with Gasteiger partial charge in [0.25, 0.3) is 0 Å². The summed E-state index contributed by atoms with van der Waals surface area (Å²) in [4.78, 5) is 13.1. The Bertz CT molecular complexity index is 480. The standard InChI is InChI=1S/C15H19F2NO2/c1-15(10-13(19)20,18-8-3-2-4-9-18)14-11(16)6-5-7-12(14)17/h5-7H,2-4,8-10H2,1H3,(H,19,20). The van der Waals surface area contributed by atoms with E-state index in [4.69, 9.17) is 5.11 Å². The quantitative estimate of drug-likeness (QED) is 0.923. The number of carboxylic acid groups (broad SMARTS) is 1. The molecule has 0 bridgehead atoms. The van der Waals surface area contributed by atoms with Crippen LogP contribution < -0.4 is 0 Å². The molecular weight excluding hydrogens is 264 g/mol. The maximum Gasteiger partial charge on any atom is 0.305 e. The van der Waals surface area contributed by atoms with Crippen LogP contribution in [0.4, 0.5) is 8.78 Å². The predicted molar refractivity (Wildman–Crippen MR) is 71.4 cm³/mol. The van der Waals surface area contributed by atoms with Crippen molar-refractivity contribution in [2.24, 2.45) is 0 Å². The van der Waals surface area contributed by atoms with Gasteiger partial charge in [0.2, 0.25) is 0 Å². The minimum atomic E-state index is -1.15. The first kappa shape index (κ1) is 14.9. The van der Waals surface area contributed by atoms with Crippen LogP contribution in [0.1, 0.15) is 38.2 Å². The van der Waals surface area contributed by atoms with Gasteiger partial charge in [-0.3, -0.25) is 9.69 Å². The van der Waals surface area contributed by atoms with Crippen molar-refractivity contribution in [3.05, 3.63) is 35.4 Å². The highest BCUT2D eigenvalue weighted by molar-refractivity contribution is 5.69. The molecule has 1 heterocycles. The van der Waals surface area contributed by atoms with Crippen LogP contribution in [0.2, 0.25) is 0 Å². The van der Waals surface area contributed by atoms with E-state index in [2.05, 4.69) is 0 Å². The first-order valence-electron chi connectivity index (χ1n) is 6.86. The largest absolute Gasteiger partial charge is 0.481 e. The summed E-state index contributed by atoms with van der Waals surface area (Å²) in [5.74, 6) is -2.42. The number of carbonyl (C=O) groups is 1. The average molecular weight is 283 g/mol. The number of nitrogens with zero attached hydrogens (tertiary/aromatic N) is 1. The number of piperidine rings is 1. The maximum absolute atomic E-state index is 14.1. The Morgan fingerprint density at radius 1 is 1.25 bits per heavy atom. The minimum absolute atomic E-state index is 0.135. The van der Waals surface area contributed by atoms with Crippen molar-refractivity contribution in [3.63, 3.8) is 0 Å². The molecule has 110 valence electrons. The fraction of sp³-hybridized carbons (Fsp3) is 0.533. The maximum atomic E-state index is 14.1. The van der Waals surface area contributed by atoms with E-state index in [-0.39, 0.29) is 12.0 Å². The van der Waals surface area contributed by atoms with Crippen molar-refractivity contribution in [3.8, 4) is 0 Å². The first-order chi connectivity index (χ1) is 9.45. The second kappa shape index (κ2) is 5.87. The molecule has 1 saturated heterocycles. The van der Waals surface area contributed by atoms with Crippen LogP contribution in [0.25, 0.3) is 0 Å². The third-order valence-corrected chi connectivity index (χ3v) is 4.05. The molecule has 1 aromatic carbocycles. The van der Waals surface area contributed by atoms with Gasteiger partial charge in [0.15, 0.2) is 0 Å². The number of rotatable bonds is 4. The SMILES string of the molecule is CC(CC(=O)O)(c1c(F)cccc1F)N1CCCCC1. The Labute approximate surface area is 117 Å². The molecule has 1 unspecified atom stereocenters. The van der Waals surface area contributed by atoms with Gasteiger partial charge < -0.3 is 5.11 Å². The summed E-state index contributed by atoms with van der Waals surface area (Å²) in [7, 11) is 0. The smallest absolute Gasteiger partial charge is 0.305 e. The molecule has 2 rings (SSSR count). The van der Waals surface area contributed by atoms with E-state index in [0.29, 0.717) is 13.1 Å². The van der Waals surface area contributed by atoms with Crippen LogP contribution in [-0.4, -0.2) is 29.1 Å². The number of hydrogen-bond acceptors (Lipinski definition) is 2. The van der Waals surface area contributed by atoms with Gasteiger partial charge in [-0.1, -0.05) is 12.5 Å². The lowest BCUT2D eigenvalue weighted by molar-refractivity contribution is -0.140. The first-order valence-corrected chi connectivity index (χ1v) is 6.86. The molecule has 0 amide bonds. The molecule has 1 N–H and O–H groups in total. The molecule has 0 aromatic heterocycles. The van der Waals surface area contributed by atoms with Gasteiger partial charge in [0.05, 0.1) is 12.0 Å². The molecule has 1 atom stereocenters. The Balaban J connectivity index is 2.47. The van der Waals surface area contributed by atoms with Crippen molar-refractivity contribution in [1.29, 1.82) is 0 Å². The fourth-order valence-corrected chi connectivity index (χ4v) is 3.05. The molecule has 0 aliphatic carbocycles. The van der Waals surface area contributed by atoms with Crippen molar-refractivity contribution < 1.29 is 18.7 Å². The summed E-state index contributed by atoms with van der Waals surface area (Å²) in [6.07, 6.45) is 2.60. The van der Waals surface area contributed by atoms with Gasteiger partial charge in [0.1, 0.15) is 11.6 Å². The van der Waals surface area contributed by atoms with Crippen LogP contribution in [0.3, 0.4) is 0 Å². The Hall–Kier alpha value is -1.49. The zero-order valence-corrected chi connectivity index (χ0v) is 11.5. The van der Waals surface area contributed by atoms with Crippen LogP contribution in [0, 0.1) is 11.6 Å². The predicted octanol–water partition coefficient (Wildman–Crippen LogP) is 3.14. The lowest BCUT2D eigenvalue weighted by atomic mass is 9.84. The van der Waals surface area contributed by atoms with Crippen molar-refractivity contribution in [1.82, 2.24) is 4.90 Å². The molecule has 1 fully saturated rings. The lowest BCUT2D eigenvalue weighted by Crippen LogP contribution is -2.49. The molecule has 1 aliphatic rings. The third-order valence-electron chi connectivity index (χ3n) is 4.05. The number of benzene rings is 1. The van der Waals surface area contributed by atoms with Crippen LogP contribution in [0.15, 0.2) is 18.2 Å². The second-order valence-electron chi connectivity index (χ2n) is 5.49. The summed E-state index contributed by atoms with van der Waals surface area (Å²) in [6.45, 7) is 2.95. The van der Waals surface area contributed by atoms with Gasteiger partial charge >= 0.3 is 5.97 Å². The van der Waals surface area contributed by atoms with Gasteiger partial charge in [-0.25, -0.2) is 8.78 Å². The zero-order valence-electron chi connectivity index (χ0n) is 11.5. The second-order valence-corrected chi connectivity index (χ2v) is 5.49. The monoisotopic (exact) mass is 283 g/mol. The Morgan fingerprint density at radius 3 is 2.30 bits per heavy atom. The number of hydrogen-bond donors (Lipinski definition) is 1. The molecule has 0 radical (unpaired) electrons. The molecule has 1 aromatic rings. The molecule has 5 heteroatoms. The minimum Gasteiger partial charge on any atom is -0.481 e. The summed E-state index contributed by atoms with van der Waals surface area (Å²) in [6, 6.07) is 3.66. The highest BCUT2D eigenvalue weighted by Gasteiger charge is 2.40. The highest BCUT2D eigenvalue weighted by Crippen LogP contribution is 2.37. The molecule has 20 heavy (non-hydrogen) atoms. The molecular formula is C15H19F2NO2. The van der Waals surface area contributed by atoms with Gasteiger partial charge in [0, 0.05) is 5.56 Å². The number of aliphatic carboxylic acids is 1. The van der Waals surface area contributed by atoms with Gasteiger partial charge in [-0.15, -0.1) is 0 Å². The van der Waals surface area contributed by atoms with E-state index < -0.39 is 23.1 Å². The van der Waals surface area contributed by atoms with E-state index in [1.54, 1.807) is 6.92 Å². The molecule has 1 aliphatic heterocycles. The number of carboxylic acids is 1. The van der Waals surface area contributed by atoms with Crippen LogP contribution in [-0.2, 0) is 10.3 Å². The Morgan fingerprint density at radius 2 is 1.80 bits per heavy atom.